The zero-order valence-electron chi connectivity index (χ0n) is 9.14. The van der Waals surface area contributed by atoms with Crippen LogP contribution in [-0.2, 0) is 0 Å². The summed E-state index contributed by atoms with van der Waals surface area (Å²) in [6, 6.07) is 18.1. The number of rotatable bonds is 2. The molecule has 2 aromatic rings. The Bertz CT molecular complexity index is 507. The Morgan fingerprint density at radius 3 is 2.41 bits per heavy atom. The number of fused-ring (bicyclic) bond motifs is 1. The van der Waals surface area contributed by atoms with Crippen molar-refractivity contribution in [2.24, 2.45) is 0 Å². The van der Waals surface area contributed by atoms with Gasteiger partial charge in [-0.15, -0.1) is 0 Å². The second-order valence-corrected chi connectivity index (χ2v) is 7.25. The topological polar surface area (TPSA) is 21.3 Å². The van der Waals surface area contributed by atoms with E-state index >= 15 is 0 Å². The average molecular weight is 265 g/mol. The second-order valence-electron chi connectivity index (χ2n) is 3.89. The maximum absolute atomic E-state index is 6.15. The Hall–Kier alpha value is -1.24. The molecule has 0 aromatic heterocycles. The van der Waals surface area contributed by atoms with Crippen molar-refractivity contribution in [3.63, 3.8) is 0 Å². The van der Waals surface area contributed by atoms with Crippen LogP contribution >= 0.6 is 19.2 Å². The van der Waals surface area contributed by atoms with E-state index in [1.807, 2.05) is 42.5 Å². The second kappa shape index (κ2) is 4.21. The maximum atomic E-state index is 6.15. The summed E-state index contributed by atoms with van der Waals surface area (Å²) in [5.74, 6) is 0.894. The smallest absolute Gasteiger partial charge is 0.318 e. The zero-order chi connectivity index (χ0) is 11.7. The van der Waals surface area contributed by atoms with Crippen LogP contribution in [0.1, 0.15) is 0 Å². The van der Waals surface area contributed by atoms with E-state index in [1.165, 1.54) is 0 Å². The van der Waals surface area contributed by atoms with Gasteiger partial charge in [0.1, 0.15) is 5.69 Å². The maximum Gasteiger partial charge on any atom is 0.328 e. The van der Waals surface area contributed by atoms with E-state index in [4.69, 9.17) is 16.1 Å². The average Bonchev–Trinajstić information content (AvgIpc) is 2.79. The van der Waals surface area contributed by atoms with Crippen molar-refractivity contribution in [2.45, 2.75) is 0 Å². The highest BCUT2D eigenvalue weighted by atomic mass is 35.5. The molecule has 2 aromatic carbocycles. The van der Waals surface area contributed by atoms with Crippen molar-refractivity contribution in [2.75, 3.05) is 10.7 Å². The molecule has 4 heteroatoms. The van der Waals surface area contributed by atoms with E-state index in [-0.39, 0.29) is 0 Å². The van der Waals surface area contributed by atoms with Crippen LogP contribution in [0, 0.1) is 0 Å². The predicted molar refractivity (Wildman–Crippen MR) is 74.4 cm³/mol. The first-order valence-electron chi connectivity index (χ1n) is 5.41. The third-order valence-electron chi connectivity index (χ3n) is 2.78. The number of benzene rings is 2. The molecule has 1 aliphatic heterocycles. The van der Waals surface area contributed by atoms with Crippen LogP contribution in [0.2, 0.25) is 0 Å². The molecular formula is C13H12ClNOP+. The lowest BCUT2D eigenvalue weighted by atomic mass is 10.3. The Morgan fingerprint density at radius 1 is 1.00 bits per heavy atom. The van der Waals surface area contributed by atoms with Crippen LogP contribution in [0.25, 0.3) is 0 Å². The molecule has 0 fully saturated rings. The van der Waals surface area contributed by atoms with E-state index in [2.05, 4.69) is 17.2 Å². The van der Waals surface area contributed by atoms with Gasteiger partial charge in [-0.2, -0.15) is 0 Å². The Kier molecular flexibility index (Phi) is 2.70. The molecule has 2 nitrogen and oxygen atoms in total. The van der Waals surface area contributed by atoms with Crippen molar-refractivity contribution in [1.29, 1.82) is 0 Å². The SMILES string of the molecule is ClC[P+]1(c2ccccc2)Nc2ccccc2O1. The highest BCUT2D eigenvalue weighted by Gasteiger charge is 2.49. The fourth-order valence-corrected chi connectivity index (χ4v) is 4.92. The molecule has 1 N–H and O–H groups in total. The van der Waals surface area contributed by atoms with Crippen LogP contribution in [0.5, 0.6) is 5.75 Å². The molecule has 0 aliphatic carbocycles. The van der Waals surface area contributed by atoms with Gasteiger partial charge in [-0.05, 0) is 24.3 Å². The van der Waals surface area contributed by atoms with Crippen LogP contribution in [-0.4, -0.2) is 5.62 Å². The van der Waals surface area contributed by atoms with E-state index in [0.717, 1.165) is 16.7 Å². The lowest BCUT2D eigenvalue weighted by molar-refractivity contribution is 0.629. The van der Waals surface area contributed by atoms with Gasteiger partial charge in [0.05, 0.1) is 0 Å². The number of hydrogen-bond donors (Lipinski definition) is 1. The van der Waals surface area contributed by atoms with Gasteiger partial charge in [0, 0.05) is 0 Å². The lowest BCUT2D eigenvalue weighted by Crippen LogP contribution is -2.19. The minimum atomic E-state index is -1.95. The summed E-state index contributed by atoms with van der Waals surface area (Å²) in [6.07, 6.45) is 0. The molecule has 86 valence electrons. The Balaban J connectivity index is 2.03. The number of halogens is 1. The third-order valence-corrected chi connectivity index (χ3v) is 6.37. The van der Waals surface area contributed by atoms with Gasteiger partial charge in [0.2, 0.25) is 5.75 Å². The lowest BCUT2D eigenvalue weighted by Gasteiger charge is -2.16. The van der Waals surface area contributed by atoms with E-state index in [0.29, 0.717) is 5.62 Å². The Labute approximate surface area is 106 Å². The molecule has 1 atom stereocenters. The van der Waals surface area contributed by atoms with Crippen LogP contribution < -0.4 is 14.9 Å². The van der Waals surface area contributed by atoms with Crippen LogP contribution in [0.3, 0.4) is 0 Å². The Morgan fingerprint density at radius 2 is 1.71 bits per heavy atom. The van der Waals surface area contributed by atoms with Crippen molar-refractivity contribution < 1.29 is 4.52 Å². The van der Waals surface area contributed by atoms with Crippen LogP contribution in [0.4, 0.5) is 5.69 Å². The molecule has 0 saturated heterocycles. The van der Waals surface area contributed by atoms with Gasteiger partial charge >= 0.3 is 7.64 Å². The number of anilines is 1. The van der Waals surface area contributed by atoms with Gasteiger partial charge in [0.15, 0.2) is 10.9 Å². The minimum Gasteiger partial charge on any atom is -0.318 e. The van der Waals surface area contributed by atoms with Gasteiger partial charge in [0.25, 0.3) is 0 Å². The molecule has 17 heavy (non-hydrogen) atoms. The molecule has 1 aliphatic rings. The van der Waals surface area contributed by atoms with Gasteiger partial charge in [-0.3, -0.25) is 0 Å². The fourth-order valence-electron chi connectivity index (χ4n) is 1.93. The molecule has 0 radical (unpaired) electrons. The summed E-state index contributed by atoms with van der Waals surface area (Å²) in [5, 5.41) is 4.62. The van der Waals surface area contributed by atoms with E-state index in [1.54, 1.807) is 0 Å². The van der Waals surface area contributed by atoms with Crippen LogP contribution in [0.15, 0.2) is 54.6 Å². The van der Waals surface area contributed by atoms with E-state index in [9.17, 15) is 0 Å². The summed E-state index contributed by atoms with van der Waals surface area (Å²) in [7, 11) is -1.95. The summed E-state index contributed by atoms with van der Waals surface area (Å²) < 4.78 is 6.10. The summed E-state index contributed by atoms with van der Waals surface area (Å²) in [5.41, 5.74) is 1.50. The van der Waals surface area contributed by atoms with Gasteiger partial charge < -0.3 is 4.52 Å². The van der Waals surface area contributed by atoms with Crippen molar-refractivity contribution in [3.05, 3.63) is 54.6 Å². The monoisotopic (exact) mass is 264 g/mol. The molecule has 0 spiro atoms. The first-order chi connectivity index (χ1) is 8.34. The highest BCUT2D eigenvalue weighted by molar-refractivity contribution is 7.81. The van der Waals surface area contributed by atoms with Crippen molar-refractivity contribution in [1.82, 2.24) is 0 Å². The molecule has 0 amide bonds. The quantitative estimate of drug-likeness (QED) is 0.657. The number of nitrogens with one attached hydrogen (secondary N) is 1. The summed E-state index contributed by atoms with van der Waals surface area (Å²) in [6.45, 7) is 0. The number of hydrogen-bond acceptors (Lipinski definition) is 2. The normalized spacial score (nSPS) is 21.5. The zero-order valence-corrected chi connectivity index (χ0v) is 10.8. The molecular weight excluding hydrogens is 253 g/mol. The fraction of sp³-hybridized carbons (Fsp3) is 0.0769. The molecule has 1 heterocycles. The minimum absolute atomic E-state index is 0.464. The first kappa shape index (κ1) is 10.9. The van der Waals surface area contributed by atoms with Crippen molar-refractivity contribution in [3.8, 4) is 5.75 Å². The highest BCUT2D eigenvalue weighted by Crippen LogP contribution is 2.64. The predicted octanol–water partition coefficient (Wildman–Crippen LogP) is 3.86. The third kappa shape index (κ3) is 1.78. The van der Waals surface area contributed by atoms with Gasteiger partial charge in [-0.25, -0.2) is 5.09 Å². The standard InChI is InChI=1S/C13H12ClNOP/c14-10-17(11-6-2-1-3-7-11)15-12-8-4-5-9-13(12)16-17/h1-9,15H,10H2/q+1. The number of para-hydroxylation sites is 2. The number of alkyl halides is 1. The summed E-state index contributed by atoms with van der Waals surface area (Å²) in [4.78, 5) is 0. The first-order valence-corrected chi connectivity index (χ1v) is 7.83. The summed E-state index contributed by atoms with van der Waals surface area (Å²) >= 11 is 6.15. The molecule has 0 saturated carbocycles. The van der Waals surface area contributed by atoms with Crippen molar-refractivity contribution >= 4 is 30.2 Å². The molecule has 3 rings (SSSR count). The van der Waals surface area contributed by atoms with E-state index < -0.39 is 7.64 Å². The molecule has 0 bridgehead atoms. The largest absolute Gasteiger partial charge is 0.328 e. The van der Waals surface area contributed by atoms with Gasteiger partial charge in [-0.1, -0.05) is 41.9 Å². The molecule has 1 unspecified atom stereocenters.